The summed E-state index contributed by atoms with van der Waals surface area (Å²) in [5.41, 5.74) is 1.74. The van der Waals surface area contributed by atoms with Crippen molar-refractivity contribution in [2.75, 3.05) is 13.1 Å². The molecule has 1 spiro atoms. The van der Waals surface area contributed by atoms with Gasteiger partial charge in [0.15, 0.2) is 0 Å². The van der Waals surface area contributed by atoms with E-state index in [0.717, 1.165) is 10.4 Å². The molecule has 42 heavy (non-hydrogen) atoms. The summed E-state index contributed by atoms with van der Waals surface area (Å²) in [4.78, 5) is 28.3. The number of nitrogens with one attached hydrogen (secondary N) is 1. The molecular weight excluding hydrogens is 591 g/mol. The number of thiophene rings is 1. The summed E-state index contributed by atoms with van der Waals surface area (Å²) in [7, 11) is -3.22. The number of nitrogens with zero attached hydrogens (tertiary/aromatic N) is 4. The van der Waals surface area contributed by atoms with E-state index in [1.165, 1.54) is 48.3 Å². The van der Waals surface area contributed by atoms with Crippen LogP contribution in [0, 0.1) is 0 Å². The van der Waals surface area contributed by atoms with Crippen molar-refractivity contribution in [1.29, 1.82) is 0 Å². The van der Waals surface area contributed by atoms with Crippen molar-refractivity contribution >= 4 is 32.4 Å². The van der Waals surface area contributed by atoms with Crippen LogP contribution in [-0.4, -0.2) is 59.1 Å². The fraction of sp³-hybridized carbons (Fsp3) is 0.464. The maximum absolute atomic E-state index is 13.1. The summed E-state index contributed by atoms with van der Waals surface area (Å²) < 4.78 is 67.1. The molecule has 0 radical (unpaired) electrons. The summed E-state index contributed by atoms with van der Waals surface area (Å²) in [6, 6.07) is 4.91. The number of piperidine rings is 1. The van der Waals surface area contributed by atoms with Crippen LogP contribution in [0.4, 0.5) is 13.2 Å². The van der Waals surface area contributed by atoms with Crippen molar-refractivity contribution in [3.05, 3.63) is 69.2 Å². The highest BCUT2D eigenvalue weighted by Crippen LogP contribution is 2.48. The minimum absolute atomic E-state index is 0.0276. The molecule has 5 rings (SSSR count). The number of aromatic nitrogens is 3. The minimum Gasteiger partial charge on any atom is -0.366 e. The molecule has 1 fully saturated rings. The number of ether oxygens (including phenoxy) is 1. The van der Waals surface area contributed by atoms with Crippen molar-refractivity contribution in [3.8, 4) is 0 Å². The SMILES string of the molecule is CC=S(=O)(O)c1ccc(CNC(=O)c2cc3c(s2)C2(CCN(C(C)c4cnc(C(F)(F)F)nc4)CC2)OC(C)C3)nc1. The lowest BCUT2D eigenvalue weighted by molar-refractivity contribution is -0.145. The van der Waals surface area contributed by atoms with Crippen LogP contribution in [0.25, 0.3) is 0 Å². The monoisotopic (exact) mass is 623 g/mol. The van der Waals surface area contributed by atoms with Crippen molar-refractivity contribution in [1.82, 2.24) is 25.2 Å². The van der Waals surface area contributed by atoms with E-state index < -0.39 is 27.4 Å². The minimum atomic E-state index is -4.58. The van der Waals surface area contributed by atoms with Gasteiger partial charge in [0.25, 0.3) is 5.91 Å². The van der Waals surface area contributed by atoms with E-state index in [2.05, 4.69) is 25.2 Å². The third-order valence-electron chi connectivity index (χ3n) is 7.83. The van der Waals surface area contributed by atoms with Gasteiger partial charge >= 0.3 is 6.18 Å². The standard InChI is InChI=1S/C28H32F3N5O4S2/c1-4-42(38,39)22-6-5-21(32-16-22)15-33-25(37)23-12-19-11-17(2)40-27(24(19)41-23)7-9-36(10-8-27)18(3)20-13-34-26(35-14-20)28(29,30)31/h4-6,12-14,16-18H,7-11,15H2,1-3H3,(H,33,37)(H,38,39). The van der Waals surface area contributed by atoms with Gasteiger partial charge in [0, 0.05) is 48.2 Å². The molecule has 2 N–H and O–H groups in total. The summed E-state index contributed by atoms with van der Waals surface area (Å²) in [5.74, 6) is -1.38. The number of carbonyl (C=O) groups is 1. The number of likely N-dealkylation sites (tertiary alicyclic amines) is 1. The van der Waals surface area contributed by atoms with Crippen molar-refractivity contribution in [3.63, 3.8) is 0 Å². The summed E-state index contributed by atoms with van der Waals surface area (Å²) >= 11 is 1.43. The molecule has 2 aliphatic heterocycles. The Bertz CT molecular complexity index is 1560. The van der Waals surface area contributed by atoms with E-state index in [0.29, 0.717) is 48.5 Å². The summed E-state index contributed by atoms with van der Waals surface area (Å²) in [6.07, 6.45) is 1.27. The van der Waals surface area contributed by atoms with Gasteiger partial charge in [-0.25, -0.2) is 14.2 Å². The van der Waals surface area contributed by atoms with Crippen molar-refractivity contribution in [2.45, 2.75) is 75.4 Å². The van der Waals surface area contributed by atoms with Gasteiger partial charge in [-0.15, -0.1) is 11.3 Å². The number of amides is 1. The number of hydrogen-bond acceptors (Lipinski definition) is 8. The Morgan fingerprint density at radius 2 is 1.95 bits per heavy atom. The lowest BCUT2D eigenvalue weighted by Gasteiger charge is -2.47. The van der Waals surface area contributed by atoms with Gasteiger partial charge in [0.2, 0.25) is 5.82 Å². The van der Waals surface area contributed by atoms with Crippen molar-refractivity contribution < 1.29 is 31.5 Å². The van der Waals surface area contributed by atoms with Crippen LogP contribution in [0.1, 0.15) is 76.8 Å². The van der Waals surface area contributed by atoms with Crippen LogP contribution in [0.2, 0.25) is 0 Å². The zero-order valence-electron chi connectivity index (χ0n) is 23.3. The molecule has 14 heteroatoms. The van der Waals surface area contributed by atoms with Gasteiger partial charge in [-0.05, 0) is 69.2 Å². The van der Waals surface area contributed by atoms with Crippen LogP contribution in [0.3, 0.4) is 0 Å². The molecule has 1 amide bonds. The average molecular weight is 624 g/mol. The van der Waals surface area contributed by atoms with E-state index >= 15 is 0 Å². The van der Waals surface area contributed by atoms with Crippen LogP contribution < -0.4 is 5.32 Å². The van der Waals surface area contributed by atoms with Gasteiger partial charge in [0.05, 0.1) is 28.1 Å². The molecule has 0 saturated carbocycles. The van der Waals surface area contributed by atoms with E-state index in [4.69, 9.17) is 4.74 Å². The predicted octanol–water partition coefficient (Wildman–Crippen LogP) is 4.83. The van der Waals surface area contributed by atoms with Gasteiger partial charge < -0.3 is 14.6 Å². The highest BCUT2D eigenvalue weighted by Gasteiger charge is 2.45. The molecule has 2 aliphatic rings. The highest BCUT2D eigenvalue weighted by atomic mass is 32.2. The maximum Gasteiger partial charge on any atom is 0.451 e. The Morgan fingerprint density at radius 3 is 2.55 bits per heavy atom. The van der Waals surface area contributed by atoms with Gasteiger partial charge in [-0.3, -0.25) is 14.7 Å². The van der Waals surface area contributed by atoms with Crippen LogP contribution >= 0.6 is 11.3 Å². The molecule has 0 bridgehead atoms. The molecule has 5 heterocycles. The second kappa shape index (κ2) is 11.6. The number of fused-ring (bicyclic) bond motifs is 2. The Hall–Kier alpha value is -2.91. The second-order valence-electron chi connectivity index (χ2n) is 10.6. The fourth-order valence-corrected chi connectivity index (χ4v) is 7.52. The zero-order chi connectivity index (χ0) is 30.3. The molecule has 3 aromatic heterocycles. The number of rotatable bonds is 6. The number of hydrogen-bond donors (Lipinski definition) is 2. The number of pyridine rings is 1. The van der Waals surface area contributed by atoms with Crippen LogP contribution in [-0.2, 0) is 39.3 Å². The predicted molar refractivity (Wildman–Crippen MR) is 153 cm³/mol. The van der Waals surface area contributed by atoms with E-state index in [1.807, 2.05) is 19.9 Å². The molecule has 3 aromatic rings. The lowest BCUT2D eigenvalue weighted by atomic mass is 9.83. The Morgan fingerprint density at radius 1 is 1.26 bits per heavy atom. The molecule has 226 valence electrons. The molecule has 1 saturated heterocycles. The highest BCUT2D eigenvalue weighted by molar-refractivity contribution is 7.96. The maximum atomic E-state index is 13.1. The Kier molecular flexibility index (Phi) is 8.47. The quantitative estimate of drug-likeness (QED) is 0.375. The number of halogens is 3. The number of carbonyl (C=O) groups excluding carboxylic acids is 1. The molecular formula is C28H32F3N5O4S2. The van der Waals surface area contributed by atoms with Crippen LogP contribution in [0.5, 0.6) is 0 Å². The molecule has 0 aromatic carbocycles. The van der Waals surface area contributed by atoms with Crippen LogP contribution in [0.15, 0.2) is 41.7 Å². The number of alkyl halides is 3. The first kappa shape index (κ1) is 30.5. The third-order valence-corrected chi connectivity index (χ3v) is 10.7. The normalized spacial score (nSPS) is 20.9. The topological polar surface area (TPSA) is 118 Å². The molecule has 9 nitrogen and oxygen atoms in total. The second-order valence-corrected chi connectivity index (χ2v) is 13.7. The van der Waals surface area contributed by atoms with Gasteiger partial charge in [-0.2, -0.15) is 13.2 Å². The summed E-state index contributed by atoms with van der Waals surface area (Å²) in [5, 5.41) is 4.11. The van der Waals surface area contributed by atoms with Crippen molar-refractivity contribution in [2.24, 2.45) is 0 Å². The largest absolute Gasteiger partial charge is 0.451 e. The first-order valence-corrected chi connectivity index (χ1v) is 15.9. The third kappa shape index (κ3) is 6.23. The Balaban J connectivity index is 1.25. The summed E-state index contributed by atoms with van der Waals surface area (Å²) in [6.45, 7) is 6.95. The molecule has 3 atom stereocenters. The van der Waals surface area contributed by atoms with E-state index in [1.54, 1.807) is 6.07 Å². The van der Waals surface area contributed by atoms with Gasteiger partial charge in [0.1, 0.15) is 15.4 Å². The first-order chi connectivity index (χ1) is 19.8. The molecule has 3 unspecified atom stereocenters. The lowest BCUT2D eigenvalue weighted by Crippen LogP contribution is -2.48. The van der Waals surface area contributed by atoms with Gasteiger partial charge in [-0.1, -0.05) is 0 Å². The average Bonchev–Trinajstić information content (AvgIpc) is 3.41. The van der Waals surface area contributed by atoms with E-state index in [9.17, 15) is 26.7 Å². The van der Waals surface area contributed by atoms with E-state index in [-0.39, 0.29) is 29.5 Å². The molecule has 0 aliphatic carbocycles. The first-order valence-electron chi connectivity index (χ1n) is 13.5. The fourth-order valence-electron chi connectivity index (χ4n) is 5.48. The smallest absolute Gasteiger partial charge is 0.366 e. The zero-order valence-corrected chi connectivity index (χ0v) is 25.0. The Labute approximate surface area is 246 Å².